The number of rotatable bonds is 22. The molecule has 0 heterocycles. The lowest BCUT2D eigenvalue weighted by atomic mass is 10.0. The maximum absolute atomic E-state index is 12.8. The van der Waals surface area contributed by atoms with E-state index >= 15 is 0 Å². The lowest BCUT2D eigenvalue weighted by Gasteiger charge is -2.45. The lowest BCUT2D eigenvalue weighted by Crippen LogP contribution is -2.67. The molecule has 0 aliphatic carbocycles. The number of benzene rings is 4. The molecule has 0 saturated heterocycles. The molecule has 1 N–H and O–H groups in total. The van der Waals surface area contributed by atoms with Crippen LogP contribution in [0.2, 0.25) is 5.04 Å². The Morgan fingerprint density at radius 1 is 0.557 bits per heavy atom. The minimum atomic E-state index is -2.88. The van der Waals surface area contributed by atoms with Crippen molar-refractivity contribution in [3.8, 4) is 34.5 Å². The van der Waals surface area contributed by atoms with Gasteiger partial charge in [-0.25, -0.2) is 0 Å². The van der Waals surface area contributed by atoms with Gasteiger partial charge in [-0.2, -0.15) is 0 Å². The number of esters is 2. The average Bonchev–Trinajstić information content (AvgIpc) is 3.26. The number of hydrogen-bond donors (Lipinski definition) is 1. The van der Waals surface area contributed by atoms with E-state index < -0.39 is 20.4 Å². The summed E-state index contributed by atoms with van der Waals surface area (Å²) in [5, 5.41) is 12.0. The van der Waals surface area contributed by atoms with Crippen LogP contribution in [0.3, 0.4) is 0 Å². The molecule has 4 aromatic rings. The van der Waals surface area contributed by atoms with E-state index in [0.717, 1.165) is 11.1 Å². The fourth-order valence-corrected chi connectivity index (χ4v) is 12.1. The summed E-state index contributed by atoms with van der Waals surface area (Å²) in [5.41, 5.74) is 1.83. The number of aliphatic hydroxyl groups is 1. The number of hydrogen-bond acceptors (Lipinski definition) is 12. The number of aryl methyl sites for hydroxylation is 2. The Morgan fingerprint density at radius 3 is 1.34 bits per heavy atom. The van der Waals surface area contributed by atoms with Crippen LogP contribution in [0.15, 0.2) is 84.9 Å². The predicted octanol–water partition coefficient (Wildman–Crippen LogP) is 7.50. The van der Waals surface area contributed by atoms with Crippen LogP contribution >= 0.6 is 0 Å². The summed E-state index contributed by atoms with van der Waals surface area (Å²) in [6.07, 6.45) is 1.19. The highest BCUT2D eigenvalue weighted by atomic mass is 28.4. The molecule has 0 spiro atoms. The van der Waals surface area contributed by atoms with Gasteiger partial charge in [-0.05, 0) is 78.2 Å². The molecule has 13 heteroatoms. The lowest BCUT2D eigenvalue weighted by molar-refractivity contribution is -0.146. The quantitative estimate of drug-likeness (QED) is 0.0619. The Balaban J connectivity index is 0.000000382. The number of aliphatic hydroxyl groups excluding tert-OH is 1. The minimum Gasteiger partial charge on any atom is -0.493 e. The van der Waals surface area contributed by atoms with Crippen molar-refractivity contribution in [2.45, 2.75) is 90.4 Å². The first-order chi connectivity index (χ1) is 29.3. The standard InChI is InChI=1S/C32H42O6Si.C16H24O6/c1-8-37-29(33)23-25(21-19-24-20-22-28(34-5)31(36-7)30(24)35-6)38-39(32(2,3)4,26-15-11-9-12-16-26)27-17-13-10-14-18-27;1-5-22-14(18)10-12(17)8-6-11-7-9-13(19-2)16(21-4)15(11)20-3/h9-18,20,22,25H,8,19,21,23H2,1-7H3;7,9,12,17H,5-6,8,10H2,1-4H3. The molecule has 0 aliphatic heterocycles. The van der Waals surface area contributed by atoms with Gasteiger partial charge in [0.05, 0.1) is 80.9 Å². The Morgan fingerprint density at radius 2 is 0.967 bits per heavy atom. The summed E-state index contributed by atoms with van der Waals surface area (Å²) in [6.45, 7) is 10.9. The number of carbonyl (C=O) groups excluding carboxylic acids is 2. The van der Waals surface area contributed by atoms with Gasteiger partial charge in [0.15, 0.2) is 23.0 Å². The highest BCUT2D eigenvalue weighted by Gasteiger charge is 2.51. The van der Waals surface area contributed by atoms with Crippen molar-refractivity contribution >= 4 is 30.6 Å². The van der Waals surface area contributed by atoms with Crippen molar-refractivity contribution in [2.75, 3.05) is 55.9 Å². The Bertz CT molecular complexity index is 1890. The normalized spacial score (nSPS) is 12.2. The Hall–Kier alpha value is -5.24. The molecule has 334 valence electrons. The third-order valence-electron chi connectivity index (χ3n) is 10.2. The van der Waals surface area contributed by atoms with Crippen molar-refractivity contribution in [2.24, 2.45) is 0 Å². The van der Waals surface area contributed by atoms with Crippen molar-refractivity contribution in [1.29, 1.82) is 0 Å². The SMILES string of the molecule is CCOC(=O)CC(CCc1ccc(OC)c(OC)c1OC)O[Si](c1ccccc1)(c1ccccc1)C(C)(C)C.CCOC(=O)CC(O)CCc1ccc(OC)c(OC)c1OC. The smallest absolute Gasteiger partial charge is 0.308 e. The molecule has 0 aromatic heterocycles. The van der Waals surface area contributed by atoms with Crippen LogP contribution in [-0.2, 0) is 36.3 Å². The molecule has 0 radical (unpaired) electrons. The van der Waals surface area contributed by atoms with E-state index in [2.05, 4.69) is 69.3 Å². The number of methoxy groups -OCH3 is 6. The molecule has 0 saturated carbocycles. The van der Waals surface area contributed by atoms with Crippen LogP contribution in [0.4, 0.5) is 0 Å². The summed E-state index contributed by atoms with van der Waals surface area (Å²) >= 11 is 0. The summed E-state index contributed by atoms with van der Waals surface area (Å²) < 4.78 is 50.2. The first kappa shape index (κ1) is 50.1. The van der Waals surface area contributed by atoms with E-state index in [9.17, 15) is 14.7 Å². The molecular formula is C48H66O12Si. The van der Waals surface area contributed by atoms with Gasteiger partial charge in [-0.3, -0.25) is 9.59 Å². The van der Waals surface area contributed by atoms with Gasteiger partial charge in [0.1, 0.15) is 0 Å². The highest BCUT2D eigenvalue weighted by Crippen LogP contribution is 2.42. The molecular weight excluding hydrogens is 797 g/mol. The zero-order valence-corrected chi connectivity index (χ0v) is 38.8. The molecule has 2 unspecified atom stereocenters. The fourth-order valence-electron chi connectivity index (χ4n) is 7.42. The van der Waals surface area contributed by atoms with Gasteiger partial charge in [0.25, 0.3) is 8.32 Å². The number of carbonyl (C=O) groups is 2. The summed E-state index contributed by atoms with van der Waals surface area (Å²) in [4.78, 5) is 24.2. The third kappa shape index (κ3) is 13.4. The monoisotopic (exact) mass is 862 g/mol. The van der Waals surface area contributed by atoms with Crippen molar-refractivity contribution in [3.05, 3.63) is 96.1 Å². The van der Waals surface area contributed by atoms with Gasteiger partial charge in [0.2, 0.25) is 11.5 Å². The molecule has 0 fully saturated rings. The first-order valence-corrected chi connectivity index (χ1v) is 22.5. The molecule has 0 amide bonds. The summed E-state index contributed by atoms with van der Waals surface area (Å²) in [5.74, 6) is 2.78. The minimum absolute atomic E-state index is 0.0105. The Kier molecular flexibility index (Phi) is 20.4. The van der Waals surface area contributed by atoms with Crippen LogP contribution in [0.1, 0.15) is 71.4 Å². The second-order valence-electron chi connectivity index (χ2n) is 15.1. The highest BCUT2D eigenvalue weighted by molar-refractivity contribution is 6.99. The van der Waals surface area contributed by atoms with Crippen molar-refractivity contribution in [3.63, 3.8) is 0 Å². The van der Waals surface area contributed by atoms with E-state index in [1.54, 1.807) is 55.6 Å². The zero-order chi connectivity index (χ0) is 45.0. The van der Waals surface area contributed by atoms with Crippen molar-refractivity contribution < 1.29 is 57.0 Å². The first-order valence-electron chi connectivity index (χ1n) is 20.6. The summed E-state index contributed by atoms with van der Waals surface area (Å²) in [6, 6.07) is 28.4. The van der Waals surface area contributed by atoms with Crippen LogP contribution in [0.5, 0.6) is 34.5 Å². The molecule has 4 aromatic carbocycles. The second-order valence-corrected chi connectivity index (χ2v) is 19.4. The average molecular weight is 863 g/mol. The van der Waals surface area contributed by atoms with E-state index in [-0.39, 0.29) is 30.0 Å². The number of ether oxygens (including phenoxy) is 8. The largest absolute Gasteiger partial charge is 0.493 e. The predicted molar refractivity (Wildman–Crippen MR) is 240 cm³/mol. The van der Waals surface area contributed by atoms with E-state index in [1.807, 2.05) is 37.3 Å². The molecule has 61 heavy (non-hydrogen) atoms. The van der Waals surface area contributed by atoms with E-state index in [0.29, 0.717) is 73.4 Å². The Labute approximate surface area is 363 Å². The zero-order valence-electron chi connectivity index (χ0n) is 37.8. The van der Waals surface area contributed by atoms with Gasteiger partial charge in [0, 0.05) is 0 Å². The molecule has 12 nitrogen and oxygen atoms in total. The molecule has 4 rings (SSSR count). The van der Waals surface area contributed by atoms with Gasteiger partial charge >= 0.3 is 11.9 Å². The maximum Gasteiger partial charge on any atom is 0.308 e. The second kappa shape index (κ2) is 24.9. The van der Waals surface area contributed by atoms with Crippen LogP contribution in [0, 0.1) is 0 Å². The van der Waals surface area contributed by atoms with Crippen LogP contribution in [0.25, 0.3) is 0 Å². The fraction of sp³-hybridized carbons (Fsp3) is 0.458. The maximum atomic E-state index is 12.8. The van der Waals surface area contributed by atoms with Gasteiger partial charge in [-0.1, -0.05) is 93.6 Å². The topological polar surface area (TPSA) is 137 Å². The van der Waals surface area contributed by atoms with Crippen molar-refractivity contribution in [1.82, 2.24) is 0 Å². The molecule has 0 bridgehead atoms. The third-order valence-corrected chi connectivity index (χ3v) is 15.3. The van der Waals surface area contributed by atoms with Crippen LogP contribution < -0.4 is 38.8 Å². The van der Waals surface area contributed by atoms with Crippen LogP contribution in [-0.4, -0.2) is 93.4 Å². The molecule has 0 aliphatic rings. The molecule has 2 atom stereocenters. The van der Waals surface area contributed by atoms with E-state index in [1.165, 1.54) is 10.4 Å². The van der Waals surface area contributed by atoms with E-state index in [4.69, 9.17) is 42.3 Å². The summed E-state index contributed by atoms with van der Waals surface area (Å²) in [7, 11) is 6.59. The van der Waals surface area contributed by atoms with Gasteiger partial charge in [-0.15, -0.1) is 0 Å². The van der Waals surface area contributed by atoms with Gasteiger partial charge < -0.3 is 47.4 Å².